The van der Waals surface area contributed by atoms with Crippen molar-refractivity contribution in [3.05, 3.63) is 113 Å². The van der Waals surface area contributed by atoms with E-state index in [1.165, 1.54) is 42.5 Å². The molecule has 3 aromatic carbocycles. The third-order valence-corrected chi connectivity index (χ3v) is 5.24. The normalized spacial score (nSPS) is 11.8. The number of carbonyl (C=O) groups excluding carboxylic acids is 1. The van der Waals surface area contributed by atoms with Gasteiger partial charge in [0.05, 0.1) is 29.0 Å². The minimum atomic E-state index is -4.80. The van der Waals surface area contributed by atoms with Gasteiger partial charge in [0, 0.05) is 11.8 Å². The molecule has 0 aliphatic rings. The second-order valence-electron chi connectivity index (χ2n) is 7.71. The number of aliphatic hydroxyl groups excluding tert-OH is 1. The van der Waals surface area contributed by atoms with Crippen molar-refractivity contribution in [1.29, 1.82) is 10.5 Å². The summed E-state index contributed by atoms with van der Waals surface area (Å²) in [5.41, 5.74) is 0.0742. The molecule has 1 aromatic heterocycles. The largest absolute Gasteiger partial charge is 0.435 e. The fourth-order valence-corrected chi connectivity index (χ4v) is 3.54. The average Bonchev–Trinajstić information content (AvgIpc) is 3.35. The van der Waals surface area contributed by atoms with Crippen LogP contribution >= 0.6 is 0 Å². The van der Waals surface area contributed by atoms with Crippen LogP contribution in [0.3, 0.4) is 0 Å². The van der Waals surface area contributed by atoms with E-state index in [2.05, 4.69) is 10.4 Å². The Hall–Kier alpha value is -4.93. The van der Waals surface area contributed by atoms with Crippen LogP contribution in [0.5, 0.6) is 0 Å². The summed E-state index contributed by atoms with van der Waals surface area (Å²) in [6.07, 6.45) is -5.90. The number of halogens is 3. The van der Waals surface area contributed by atoms with Crippen LogP contribution < -0.4 is 5.32 Å². The van der Waals surface area contributed by atoms with Crippen LogP contribution in [0.2, 0.25) is 0 Å². The molecule has 1 unspecified atom stereocenters. The molecule has 0 saturated heterocycles. The Balaban J connectivity index is 1.66. The molecule has 0 aliphatic heterocycles. The number of anilines is 1. The first-order valence-corrected chi connectivity index (χ1v) is 10.5. The van der Waals surface area contributed by atoms with Gasteiger partial charge in [0.15, 0.2) is 5.69 Å². The Morgan fingerprint density at radius 3 is 2.19 bits per heavy atom. The van der Waals surface area contributed by atoms with Crippen LogP contribution in [0, 0.1) is 22.7 Å². The summed E-state index contributed by atoms with van der Waals surface area (Å²) in [7, 11) is 0. The van der Waals surface area contributed by atoms with Crippen LogP contribution in [-0.2, 0) is 6.18 Å². The van der Waals surface area contributed by atoms with Gasteiger partial charge in [-0.15, -0.1) is 0 Å². The lowest BCUT2D eigenvalue weighted by Crippen LogP contribution is -2.17. The molecular formula is C26H16F3N5O2. The van der Waals surface area contributed by atoms with Gasteiger partial charge in [0.1, 0.15) is 11.8 Å². The van der Waals surface area contributed by atoms with Gasteiger partial charge in [0.2, 0.25) is 0 Å². The fourth-order valence-electron chi connectivity index (χ4n) is 3.54. The van der Waals surface area contributed by atoms with Crippen molar-refractivity contribution in [1.82, 2.24) is 9.78 Å². The molecule has 0 radical (unpaired) electrons. The van der Waals surface area contributed by atoms with Gasteiger partial charge in [-0.3, -0.25) is 4.79 Å². The molecule has 1 amide bonds. The summed E-state index contributed by atoms with van der Waals surface area (Å²) < 4.78 is 41.0. The van der Waals surface area contributed by atoms with Gasteiger partial charge in [0.25, 0.3) is 5.91 Å². The van der Waals surface area contributed by atoms with Crippen molar-refractivity contribution in [2.24, 2.45) is 0 Å². The first kappa shape index (κ1) is 24.2. The van der Waals surface area contributed by atoms with Crippen molar-refractivity contribution < 1.29 is 23.1 Å². The number of aromatic nitrogens is 2. The predicted molar refractivity (Wildman–Crippen MR) is 123 cm³/mol. The molecule has 7 nitrogen and oxygen atoms in total. The van der Waals surface area contributed by atoms with E-state index in [4.69, 9.17) is 10.5 Å². The number of hydrogen-bond acceptors (Lipinski definition) is 5. The van der Waals surface area contributed by atoms with Crippen LogP contribution in [-0.4, -0.2) is 20.8 Å². The highest BCUT2D eigenvalue weighted by atomic mass is 19.4. The van der Waals surface area contributed by atoms with E-state index < -0.39 is 29.6 Å². The Bertz CT molecular complexity index is 1530. The number of aliphatic hydroxyl groups is 1. The number of rotatable bonds is 5. The molecule has 0 aliphatic carbocycles. The molecule has 0 fully saturated rings. The van der Waals surface area contributed by atoms with Crippen molar-refractivity contribution >= 4 is 11.6 Å². The minimum Gasteiger partial charge on any atom is -0.384 e. The number of carbonyl (C=O) groups is 1. The maximum absolute atomic E-state index is 13.4. The summed E-state index contributed by atoms with van der Waals surface area (Å²) >= 11 is 0. The summed E-state index contributed by atoms with van der Waals surface area (Å²) in [6.45, 7) is 0. The van der Waals surface area contributed by atoms with Gasteiger partial charge in [-0.05, 0) is 53.6 Å². The second kappa shape index (κ2) is 9.74. The quantitative estimate of drug-likeness (QED) is 0.413. The van der Waals surface area contributed by atoms with E-state index in [0.717, 1.165) is 4.68 Å². The number of amides is 1. The Kier molecular flexibility index (Phi) is 6.55. The monoisotopic (exact) mass is 487 g/mol. The third-order valence-electron chi connectivity index (χ3n) is 5.24. The van der Waals surface area contributed by atoms with Crippen molar-refractivity contribution in [2.75, 3.05) is 5.32 Å². The number of nitrogens with one attached hydrogen (secondary N) is 1. The second-order valence-corrected chi connectivity index (χ2v) is 7.71. The van der Waals surface area contributed by atoms with Gasteiger partial charge in [-0.2, -0.15) is 28.8 Å². The zero-order valence-corrected chi connectivity index (χ0v) is 18.4. The number of alkyl halides is 3. The minimum absolute atomic E-state index is 0.108. The first-order valence-electron chi connectivity index (χ1n) is 10.5. The van der Waals surface area contributed by atoms with Crippen molar-refractivity contribution in [3.8, 4) is 17.8 Å². The molecule has 4 aromatic rings. The molecule has 0 saturated carbocycles. The fraction of sp³-hybridized carbons (Fsp3) is 0.0769. The summed E-state index contributed by atoms with van der Waals surface area (Å²) in [5.74, 6) is -0.876. The van der Waals surface area contributed by atoms with E-state index in [1.54, 1.807) is 30.3 Å². The number of nitriles is 2. The average molecular weight is 487 g/mol. The van der Waals surface area contributed by atoms with Crippen LogP contribution in [0.15, 0.2) is 78.9 Å². The van der Waals surface area contributed by atoms with E-state index in [-0.39, 0.29) is 16.9 Å². The topological polar surface area (TPSA) is 115 Å². The van der Waals surface area contributed by atoms with Crippen molar-refractivity contribution in [3.63, 3.8) is 0 Å². The first-order chi connectivity index (χ1) is 17.2. The zero-order chi connectivity index (χ0) is 25.9. The van der Waals surface area contributed by atoms with Gasteiger partial charge in [-0.1, -0.05) is 30.3 Å². The molecule has 36 heavy (non-hydrogen) atoms. The predicted octanol–water partition coefficient (Wildman–Crippen LogP) is 4.97. The maximum Gasteiger partial charge on any atom is 0.435 e. The standard InChI is InChI=1S/C26H16F3N5O2/c27-26(28,29)23-13-22(34(33-23)21-9-2-5-17(11-21)15-31)25(36)32-20-8-3-7-19(12-20)24(35)18-6-1-4-16(10-18)14-30/h1-13,24,35H,(H,32,36). The lowest BCUT2D eigenvalue weighted by Gasteiger charge is -2.14. The van der Waals surface area contributed by atoms with Gasteiger partial charge < -0.3 is 10.4 Å². The SMILES string of the molecule is N#Cc1cccc(C(O)c2cccc(NC(=O)c3cc(C(F)(F)F)nn3-c3cccc(C#N)c3)c2)c1. The Labute approximate surface area is 203 Å². The van der Waals surface area contributed by atoms with Gasteiger partial charge >= 0.3 is 6.18 Å². The summed E-state index contributed by atoms with van der Waals surface area (Å²) in [6, 6.07) is 22.8. The number of nitrogens with zero attached hydrogens (tertiary/aromatic N) is 4. The highest BCUT2D eigenvalue weighted by Crippen LogP contribution is 2.30. The zero-order valence-electron chi connectivity index (χ0n) is 18.4. The van der Waals surface area contributed by atoms with E-state index in [0.29, 0.717) is 22.8 Å². The maximum atomic E-state index is 13.4. The van der Waals surface area contributed by atoms with E-state index >= 15 is 0 Å². The van der Waals surface area contributed by atoms with Crippen molar-refractivity contribution in [2.45, 2.75) is 12.3 Å². The Morgan fingerprint density at radius 1 is 0.917 bits per heavy atom. The molecular weight excluding hydrogens is 471 g/mol. The van der Waals surface area contributed by atoms with E-state index in [9.17, 15) is 23.1 Å². The van der Waals surface area contributed by atoms with E-state index in [1.807, 2.05) is 12.1 Å². The third kappa shape index (κ3) is 5.09. The van der Waals surface area contributed by atoms with Gasteiger partial charge in [-0.25, -0.2) is 4.68 Å². The molecule has 0 spiro atoms. The highest BCUT2D eigenvalue weighted by molar-refractivity contribution is 6.03. The smallest absolute Gasteiger partial charge is 0.384 e. The summed E-state index contributed by atoms with van der Waals surface area (Å²) in [5, 5.41) is 35.0. The van der Waals surface area contributed by atoms with Crippen LogP contribution in [0.25, 0.3) is 5.69 Å². The lowest BCUT2D eigenvalue weighted by molar-refractivity contribution is -0.141. The Morgan fingerprint density at radius 2 is 1.53 bits per heavy atom. The molecule has 1 atom stereocenters. The van der Waals surface area contributed by atoms with Crippen LogP contribution in [0.1, 0.15) is 44.5 Å². The molecule has 2 N–H and O–H groups in total. The highest BCUT2D eigenvalue weighted by Gasteiger charge is 2.36. The summed E-state index contributed by atoms with van der Waals surface area (Å²) in [4.78, 5) is 13.0. The lowest BCUT2D eigenvalue weighted by atomic mass is 9.99. The molecule has 4 rings (SSSR count). The molecule has 1 heterocycles. The molecule has 0 bridgehead atoms. The number of benzene rings is 3. The number of hydrogen-bond donors (Lipinski definition) is 2. The van der Waals surface area contributed by atoms with Crippen LogP contribution in [0.4, 0.5) is 18.9 Å². The molecule has 10 heteroatoms. The molecule has 178 valence electrons.